The van der Waals surface area contributed by atoms with Crippen molar-refractivity contribution in [3.05, 3.63) is 71.2 Å². The number of rotatable bonds is 5. The van der Waals surface area contributed by atoms with E-state index in [9.17, 15) is 0 Å². The van der Waals surface area contributed by atoms with E-state index >= 15 is 0 Å². The SMILES string of the molecule is Cc1nc(-c2ncc3ncnc(Nc4ccc(Oc5ccc6c(c5)ncn6C)c(C)c4)c3n2)cs1. The first-order valence-electron chi connectivity index (χ1n) is 10.9. The molecule has 1 N–H and O–H groups in total. The first-order valence-corrected chi connectivity index (χ1v) is 11.8. The molecular weight excluding hydrogens is 460 g/mol. The minimum absolute atomic E-state index is 0.546. The molecule has 0 atom stereocenters. The van der Waals surface area contributed by atoms with E-state index in [1.807, 2.05) is 67.2 Å². The van der Waals surface area contributed by atoms with E-state index in [4.69, 9.17) is 9.72 Å². The Balaban J connectivity index is 1.28. The summed E-state index contributed by atoms with van der Waals surface area (Å²) in [5, 5.41) is 6.27. The highest BCUT2D eigenvalue weighted by atomic mass is 32.1. The lowest BCUT2D eigenvalue weighted by Gasteiger charge is -2.12. The van der Waals surface area contributed by atoms with Crippen molar-refractivity contribution in [3.63, 3.8) is 0 Å². The number of nitrogens with zero attached hydrogens (tertiary/aromatic N) is 7. The van der Waals surface area contributed by atoms with Crippen molar-refractivity contribution in [3.8, 4) is 23.0 Å². The number of fused-ring (bicyclic) bond motifs is 2. The van der Waals surface area contributed by atoms with Crippen molar-refractivity contribution in [1.82, 2.24) is 34.5 Å². The normalized spacial score (nSPS) is 11.3. The van der Waals surface area contributed by atoms with Gasteiger partial charge in [-0.2, -0.15) is 0 Å². The van der Waals surface area contributed by atoms with E-state index in [1.165, 1.54) is 6.33 Å². The molecule has 0 saturated heterocycles. The van der Waals surface area contributed by atoms with Crippen LogP contribution in [0.15, 0.2) is 60.6 Å². The van der Waals surface area contributed by atoms with Crippen molar-refractivity contribution in [2.75, 3.05) is 5.32 Å². The Hall–Kier alpha value is -4.44. The van der Waals surface area contributed by atoms with Crippen LogP contribution in [0.2, 0.25) is 0 Å². The third-order valence-electron chi connectivity index (χ3n) is 5.59. The Morgan fingerprint density at radius 2 is 1.86 bits per heavy atom. The molecular formula is C25H20N8OS. The molecule has 0 aliphatic carbocycles. The molecule has 10 heteroatoms. The number of hydrogen-bond donors (Lipinski definition) is 1. The zero-order chi connectivity index (χ0) is 23.9. The number of aryl methyl sites for hydroxylation is 3. The van der Waals surface area contributed by atoms with Gasteiger partial charge in [-0.05, 0) is 49.7 Å². The first kappa shape index (κ1) is 21.1. The summed E-state index contributed by atoms with van der Waals surface area (Å²) in [5.74, 6) is 2.65. The van der Waals surface area contributed by atoms with Gasteiger partial charge in [-0.15, -0.1) is 11.3 Å². The molecule has 0 fully saturated rings. The van der Waals surface area contributed by atoms with E-state index in [0.717, 1.165) is 44.5 Å². The first-order chi connectivity index (χ1) is 17.0. The van der Waals surface area contributed by atoms with E-state index in [2.05, 4.69) is 30.2 Å². The summed E-state index contributed by atoms with van der Waals surface area (Å²) in [6.07, 6.45) is 4.99. The van der Waals surface area contributed by atoms with Crippen molar-refractivity contribution >= 4 is 44.9 Å². The van der Waals surface area contributed by atoms with Crippen molar-refractivity contribution in [1.29, 1.82) is 0 Å². The van der Waals surface area contributed by atoms with Crippen LogP contribution in [0.25, 0.3) is 33.6 Å². The topological polar surface area (TPSA) is 104 Å². The van der Waals surface area contributed by atoms with Gasteiger partial charge < -0.3 is 14.6 Å². The summed E-state index contributed by atoms with van der Waals surface area (Å²) in [5.41, 5.74) is 5.81. The van der Waals surface area contributed by atoms with Crippen LogP contribution in [-0.2, 0) is 7.05 Å². The Morgan fingerprint density at radius 1 is 0.943 bits per heavy atom. The largest absolute Gasteiger partial charge is 0.457 e. The zero-order valence-corrected chi connectivity index (χ0v) is 20.0. The monoisotopic (exact) mass is 480 g/mol. The van der Waals surface area contributed by atoms with Gasteiger partial charge in [0.2, 0.25) is 0 Å². The Kier molecular flexibility index (Phi) is 5.07. The van der Waals surface area contributed by atoms with Crippen LogP contribution < -0.4 is 10.1 Å². The highest BCUT2D eigenvalue weighted by molar-refractivity contribution is 7.09. The smallest absolute Gasteiger partial charge is 0.179 e. The molecule has 6 rings (SSSR count). The van der Waals surface area contributed by atoms with Crippen molar-refractivity contribution in [2.24, 2.45) is 7.05 Å². The number of thiazole rings is 1. The maximum Gasteiger partial charge on any atom is 0.179 e. The molecule has 0 aliphatic heterocycles. The number of hydrogen-bond acceptors (Lipinski definition) is 9. The fourth-order valence-corrected chi connectivity index (χ4v) is 4.41. The number of aromatic nitrogens is 7. The molecule has 6 aromatic rings. The Labute approximate surface area is 204 Å². The fraction of sp³-hybridized carbons (Fsp3) is 0.120. The lowest BCUT2D eigenvalue weighted by Crippen LogP contribution is -2.00. The van der Waals surface area contributed by atoms with Crippen LogP contribution >= 0.6 is 11.3 Å². The standard InChI is InChI=1S/C25H20N8OS/c1-14-8-16(4-7-22(14)34-17-5-6-21-18(9-17)29-13-33(21)3)31-25-23-19(27-12-28-25)10-26-24(32-23)20-11-35-15(2)30-20/h4-13H,1-3H3,(H,27,28,31). The van der Waals surface area contributed by atoms with E-state index in [0.29, 0.717) is 22.7 Å². The minimum atomic E-state index is 0.546. The Morgan fingerprint density at radius 3 is 2.69 bits per heavy atom. The predicted molar refractivity (Wildman–Crippen MR) is 136 cm³/mol. The predicted octanol–water partition coefficient (Wildman–Crippen LogP) is 5.58. The molecule has 0 aliphatic rings. The summed E-state index contributed by atoms with van der Waals surface area (Å²) in [4.78, 5) is 26.7. The summed E-state index contributed by atoms with van der Waals surface area (Å²) < 4.78 is 8.12. The summed E-state index contributed by atoms with van der Waals surface area (Å²) >= 11 is 1.56. The van der Waals surface area contributed by atoms with Gasteiger partial charge in [-0.3, -0.25) is 0 Å². The number of imidazole rings is 1. The number of benzene rings is 2. The second-order valence-electron chi connectivity index (χ2n) is 8.11. The summed E-state index contributed by atoms with van der Waals surface area (Å²) in [6.45, 7) is 3.96. The molecule has 0 amide bonds. The van der Waals surface area contributed by atoms with Crippen LogP contribution in [0.5, 0.6) is 11.5 Å². The van der Waals surface area contributed by atoms with Gasteiger partial charge in [0.25, 0.3) is 0 Å². The Bertz CT molecular complexity index is 1710. The molecule has 4 heterocycles. The van der Waals surface area contributed by atoms with Crippen LogP contribution in [-0.4, -0.2) is 34.5 Å². The molecule has 0 saturated carbocycles. The van der Waals surface area contributed by atoms with Gasteiger partial charge >= 0.3 is 0 Å². The van der Waals surface area contributed by atoms with E-state index < -0.39 is 0 Å². The van der Waals surface area contributed by atoms with Crippen molar-refractivity contribution in [2.45, 2.75) is 13.8 Å². The maximum atomic E-state index is 6.14. The minimum Gasteiger partial charge on any atom is -0.457 e. The molecule has 35 heavy (non-hydrogen) atoms. The highest BCUT2D eigenvalue weighted by Gasteiger charge is 2.12. The van der Waals surface area contributed by atoms with Gasteiger partial charge in [0, 0.05) is 24.2 Å². The molecule has 0 spiro atoms. The van der Waals surface area contributed by atoms with Gasteiger partial charge in [-0.1, -0.05) is 0 Å². The molecule has 0 bridgehead atoms. The molecule has 172 valence electrons. The van der Waals surface area contributed by atoms with E-state index in [-0.39, 0.29) is 0 Å². The lowest BCUT2D eigenvalue weighted by molar-refractivity contribution is 0.479. The van der Waals surface area contributed by atoms with Crippen LogP contribution in [0.4, 0.5) is 11.5 Å². The summed E-state index contributed by atoms with van der Waals surface area (Å²) in [7, 11) is 1.97. The summed E-state index contributed by atoms with van der Waals surface area (Å²) in [6, 6.07) is 11.8. The maximum absolute atomic E-state index is 6.14. The quantitative estimate of drug-likeness (QED) is 0.341. The number of nitrogens with one attached hydrogen (secondary N) is 1. The van der Waals surface area contributed by atoms with Crippen LogP contribution in [0.3, 0.4) is 0 Å². The average Bonchev–Trinajstić information content (AvgIpc) is 3.46. The highest BCUT2D eigenvalue weighted by Crippen LogP contribution is 2.31. The van der Waals surface area contributed by atoms with Gasteiger partial charge in [0.1, 0.15) is 34.6 Å². The fourth-order valence-electron chi connectivity index (χ4n) is 3.82. The van der Waals surface area contributed by atoms with Gasteiger partial charge in [0.15, 0.2) is 11.6 Å². The molecule has 0 radical (unpaired) electrons. The van der Waals surface area contributed by atoms with Crippen LogP contribution in [0, 0.1) is 13.8 Å². The zero-order valence-electron chi connectivity index (χ0n) is 19.2. The third-order valence-corrected chi connectivity index (χ3v) is 6.36. The van der Waals surface area contributed by atoms with Crippen LogP contribution in [0.1, 0.15) is 10.6 Å². The van der Waals surface area contributed by atoms with E-state index in [1.54, 1.807) is 23.9 Å². The second-order valence-corrected chi connectivity index (χ2v) is 9.18. The number of ether oxygens (including phenoxy) is 1. The van der Waals surface area contributed by atoms with Crippen molar-refractivity contribution < 1.29 is 4.74 Å². The second kappa shape index (κ2) is 8.41. The lowest BCUT2D eigenvalue weighted by atomic mass is 10.2. The molecule has 4 aromatic heterocycles. The number of anilines is 2. The molecule has 0 unspecified atom stereocenters. The average molecular weight is 481 g/mol. The third kappa shape index (κ3) is 4.04. The molecule has 9 nitrogen and oxygen atoms in total. The van der Waals surface area contributed by atoms with Gasteiger partial charge in [-0.25, -0.2) is 29.9 Å². The van der Waals surface area contributed by atoms with Gasteiger partial charge in [0.05, 0.1) is 28.6 Å². The molecule has 2 aromatic carbocycles.